The summed E-state index contributed by atoms with van der Waals surface area (Å²) in [6.45, 7) is 2.08. The average Bonchev–Trinajstić information content (AvgIpc) is 2.45. The zero-order chi connectivity index (χ0) is 14.8. The minimum Gasteiger partial charge on any atom is -0.507 e. The predicted octanol–water partition coefficient (Wildman–Crippen LogP) is 4.22. The van der Waals surface area contributed by atoms with Crippen LogP contribution in [0.1, 0.15) is 12.5 Å². The molecule has 0 saturated carbocycles. The van der Waals surface area contributed by atoms with Crippen LogP contribution >= 0.6 is 45.2 Å². The molecule has 2 rings (SSSR count). The number of rotatable bonds is 4. The Morgan fingerprint density at radius 2 is 1.90 bits per heavy atom. The highest BCUT2D eigenvalue weighted by atomic mass is 127. The predicted molar refractivity (Wildman–Crippen MR) is 96.7 cm³/mol. The summed E-state index contributed by atoms with van der Waals surface area (Å²) in [4.78, 5) is 12.0. The molecular formula is C15H14I2O3. The number of alkyl halides is 2. The number of halogens is 2. The van der Waals surface area contributed by atoms with E-state index in [4.69, 9.17) is 4.74 Å². The van der Waals surface area contributed by atoms with Crippen molar-refractivity contribution >= 4 is 61.9 Å². The number of hydrogen-bond donors (Lipinski definition) is 1. The number of phenols is 1. The molecule has 0 fully saturated rings. The van der Waals surface area contributed by atoms with E-state index >= 15 is 0 Å². The van der Waals surface area contributed by atoms with Gasteiger partial charge in [0, 0.05) is 9.81 Å². The first-order chi connectivity index (χ1) is 9.45. The highest BCUT2D eigenvalue weighted by Crippen LogP contribution is 2.28. The fourth-order valence-electron chi connectivity index (χ4n) is 1.83. The molecule has 0 aliphatic heterocycles. The third-order valence-electron chi connectivity index (χ3n) is 3.02. The van der Waals surface area contributed by atoms with E-state index in [0.717, 1.165) is 16.3 Å². The van der Waals surface area contributed by atoms with Crippen molar-refractivity contribution in [3.63, 3.8) is 0 Å². The molecule has 0 saturated heterocycles. The van der Waals surface area contributed by atoms with E-state index in [-0.39, 0.29) is 18.3 Å². The van der Waals surface area contributed by atoms with Gasteiger partial charge in [0.2, 0.25) is 0 Å². The Morgan fingerprint density at radius 3 is 2.60 bits per heavy atom. The number of hydrogen-bond acceptors (Lipinski definition) is 3. The maximum atomic E-state index is 12.0. The van der Waals surface area contributed by atoms with Crippen LogP contribution in [0, 0.1) is 0 Å². The van der Waals surface area contributed by atoms with Gasteiger partial charge in [0.15, 0.2) is 0 Å². The lowest BCUT2D eigenvalue weighted by Crippen LogP contribution is -2.31. The first-order valence-electron chi connectivity index (χ1n) is 6.07. The van der Waals surface area contributed by atoms with Crippen molar-refractivity contribution in [3.05, 3.63) is 42.0 Å². The van der Waals surface area contributed by atoms with Gasteiger partial charge in [-0.2, -0.15) is 0 Å². The molecule has 1 atom stereocenters. The Bertz CT molecular complexity index is 638. The van der Waals surface area contributed by atoms with Gasteiger partial charge in [-0.25, -0.2) is 0 Å². The fraction of sp³-hybridized carbons (Fsp3) is 0.267. The van der Waals surface area contributed by atoms with Crippen LogP contribution in [0.2, 0.25) is 0 Å². The molecule has 106 valence electrons. The third-order valence-corrected chi connectivity index (χ3v) is 6.83. The number of esters is 1. The standard InChI is InChI=1S/C15H14I2O3/c1-15(17,9-16)14(19)20-8-10-4-2-6-12-11(10)5-3-7-13(12)18/h2-7,18H,8-9H2,1H3. The van der Waals surface area contributed by atoms with Gasteiger partial charge in [-0.15, -0.1) is 0 Å². The minimum atomic E-state index is -0.509. The lowest BCUT2D eigenvalue weighted by atomic mass is 10.0. The Morgan fingerprint density at radius 1 is 1.25 bits per heavy atom. The van der Waals surface area contributed by atoms with E-state index in [1.54, 1.807) is 12.1 Å². The summed E-state index contributed by atoms with van der Waals surface area (Å²) < 4.78 is 5.58. The van der Waals surface area contributed by atoms with Crippen LogP contribution in [0.4, 0.5) is 0 Å². The first kappa shape index (κ1) is 15.8. The van der Waals surface area contributed by atoms with Gasteiger partial charge < -0.3 is 9.84 Å². The molecule has 0 heterocycles. The molecule has 0 bridgehead atoms. The number of fused-ring (bicyclic) bond motifs is 1. The number of carbonyl (C=O) groups is 1. The molecule has 3 nitrogen and oxygen atoms in total. The lowest BCUT2D eigenvalue weighted by Gasteiger charge is -2.18. The number of phenolic OH excluding ortho intramolecular Hbond substituents is 1. The van der Waals surface area contributed by atoms with Crippen molar-refractivity contribution in [1.29, 1.82) is 0 Å². The Labute approximate surface area is 145 Å². The Hall–Kier alpha value is -0.570. The van der Waals surface area contributed by atoms with Crippen molar-refractivity contribution in [2.75, 3.05) is 4.43 Å². The molecular weight excluding hydrogens is 482 g/mol. The van der Waals surface area contributed by atoms with E-state index in [0.29, 0.717) is 4.43 Å². The maximum absolute atomic E-state index is 12.0. The van der Waals surface area contributed by atoms with Crippen LogP contribution in [0.25, 0.3) is 10.8 Å². The topological polar surface area (TPSA) is 46.5 Å². The lowest BCUT2D eigenvalue weighted by molar-refractivity contribution is -0.146. The zero-order valence-corrected chi connectivity index (χ0v) is 15.2. The molecule has 0 spiro atoms. The summed E-state index contributed by atoms with van der Waals surface area (Å²) in [5, 5.41) is 11.5. The van der Waals surface area contributed by atoms with Gasteiger partial charge in [-0.1, -0.05) is 75.5 Å². The van der Waals surface area contributed by atoms with Crippen LogP contribution in [0.3, 0.4) is 0 Å². The van der Waals surface area contributed by atoms with Gasteiger partial charge in [0.25, 0.3) is 0 Å². The highest BCUT2D eigenvalue weighted by molar-refractivity contribution is 14.1. The summed E-state index contributed by atoms with van der Waals surface area (Å²) in [5.41, 5.74) is 0.896. The molecule has 0 aliphatic carbocycles. The van der Waals surface area contributed by atoms with Gasteiger partial charge in [0.05, 0.1) is 0 Å². The van der Waals surface area contributed by atoms with Crippen LogP contribution in [0.5, 0.6) is 5.75 Å². The molecule has 0 amide bonds. The molecule has 20 heavy (non-hydrogen) atoms. The van der Waals surface area contributed by atoms with Crippen molar-refractivity contribution in [2.24, 2.45) is 0 Å². The van der Waals surface area contributed by atoms with E-state index < -0.39 is 3.42 Å². The largest absolute Gasteiger partial charge is 0.507 e. The van der Waals surface area contributed by atoms with E-state index in [1.807, 2.05) is 31.2 Å². The quantitative estimate of drug-likeness (QED) is 0.392. The Balaban J connectivity index is 2.23. The van der Waals surface area contributed by atoms with Gasteiger partial charge in [-0.3, -0.25) is 4.79 Å². The second kappa shape index (κ2) is 6.46. The van der Waals surface area contributed by atoms with Crippen molar-refractivity contribution in [2.45, 2.75) is 17.0 Å². The van der Waals surface area contributed by atoms with Crippen molar-refractivity contribution in [3.8, 4) is 5.75 Å². The SMILES string of the molecule is CC(I)(CI)C(=O)OCc1cccc2c(O)cccc12. The second-order valence-electron chi connectivity index (χ2n) is 4.70. The number of benzene rings is 2. The molecule has 0 radical (unpaired) electrons. The molecule has 0 aliphatic rings. The molecule has 2 aromatic carbocycles. The maximum Gasteiger partial charge on any atom is 0.322 e. The molecule has 5 heteroatoms. The van der Waals surface area contributed by atoms with Gasteiger partial charge >= 0.3 is 5.97 Å². The van der Waals surface area contributed by atoms with E-state index in [1.165, 1.54) is 0 Å². The summed E-state index contributed by atoms with van der Waals surface area (Å²) in [6, 6.07) is 11.0. The summed E-state index contributed by atoms with van der Waals surface area (Å²) in [5.74, 6) is 0.0197. The number of carbonyl (C=O) groups excluding carboxylic acids is 1. The number of aromatic hydroxyl groups is 1. The molecule has 1 unspecified atom stereocenters. The first-order valence-corrected chi connectivity index (χ1v) is 8.68. The zero-order valence-electron chi connectivity index (χ0n) is 10.9. The van der Waals surface area contributed by atoms with Gasteiger partial charge in [-0.05, 0) is 23.9 Å². The highest BCUT2D eigenvalue weighted by Gasteiger charge is 2.30. The number of ether oxygens (including phenoxy) is 1. The van der Waals surface area contributed by atoms with Crippen LogP contribution in [-0.2, 0) is 16.1 Å². The van der Waals surface area contributed by atoms with Crippen molar-refractivity contribution < 1.29 is 14.6 Å². The van der Waals surface area contributed by atoms with E-state index in [2.05, 4.69) is 45.2 Å². The average molecular weight is 496 g/mol. The smallest absolute Gasteiger partial charge is 0.322 e. The summed E-state index contributed by atoms with van der Waals surface area (Å²) in [6.07, 6.45) is 0. The van der Waals surface area contributed by atoms with Crippen LogP contribution in [-0.4, -0.2) is 18.9 Å². The van der Waals surface area contributed by atoms with Crippen molar-refractivity contribution in [1.82, 2.24) is 0 Å². The second-order valence-corrected chi connectivity index (χ2v) is 7.84. The summed E-state index contributed by atoms with van der Waals surface area (Å²) in [7, 11) is 0. The third kappa shape index (κ3) is 3.36. The van der Waals surface area contributed by atoms with E-state index in [9.17, 15) is 9.90 Å². The van der Waals surface area contributed by atoms with Crippen LogP contribution in [0.15, 0.2) is 36.4 Å². The van der Waals surface area contributed by atoms with Crippen LogP contribution < -0.4 is 0 Å². The monoisotopic (exact) mass is 496 g/mol. The normalized spacial score (nSPS) is 13.9. The Kier molecular flexibility index (Phi) is 5.11. The molecule has 1 N–H and O–H groups in total. The minimum absolute atomic E-state index is 0.217. The summed E-state index contributed by atoms with van der Waals surface area (Å²) >= 11 is 4.29. The molecule has 2 aromatic rings. The molecule has 0 aromatic heterocycles. The van der Waals surface area contributed by atoms with Gasteiger partial charge in [0.1, 0.15) is 15.8 Å². The fourth-order valence-corrected chi connectivity index (χ4v) is 2.30.